The van der Waals surface area contributed by atoms with Crippen LogP contribution in [0, 0.1) is 17.8 Å². The molecule has 0 aromatic heterocycles. The molecule has 2 fully saturated rings. The van der Waals surface area contributed by atoms with Crippen LogP contribution in [0.25, 0.3) is 0 Å². The first-order valence-corrected chi connectivity index (χ1v) is 8.79. The molecule has 2 aliphatic rings. The monoisotopic (exact) mass is 282 g/mol. The molecule has 2 N–H and O–H groups in total. The minimum atomic E-state index is 0.384. The standard InChI is InChI=1S/C17H34N2O/c1-3-8-18-17-5-4-14(2)11-16(17)12-19-9-6-15(13-20)7-10-19/h14-18,20H,3-13H2,1-2H3. The lowest BCUT2D eigenvalue weighted by Gasteiger charge is -2.40. The lowest BCUT2D eigenvalue weighted by Crippen LogP contribution is -2.47. The minimum Gasteiger partial charge on any atom is -0.396 e. The van der Waals surface area contributed by atoms with Crippen molar-refractivity contribution in [1.82, 2.24) is 10.2 Å². The highest BCUT2D eigenvalue weighted by Gasteiger charge is 2.30. The van der Waals surface area contributed by atoms with Crippen LogP contribution in [0.1, 0.15) is 52.4 Å². The van der Waals surface area contributed by atoms with E-state index in [9.17, 15) is 5.11 Å². The van der Waals surface area contributed by atoms with Gasteiger partial charge in [-0.05, 0) is 75.9 Å². The maximum Gasteiger partial charge on any atom is 0.0460 e. The van der Waals surface area contributed by atoms with Crippen molar-refractivity contribution in [2.75, 3.05) is 32.8 Å². The van der Waals surface area contributed by atoms with Crippen molar-refractivity contribution in [3.05, 3.63) is 0 Å². The number of likely N-dealkylation sites (tertiary alicyclic amines) is 1. The highest BCUT2D eigenvalue weighted by molar-refractivity contribution is 4.86. The van der Waals surface area contributed by atoms with Crippen LogP contribution < -0.4 is 5.32 Å². The van der Waals surface area contributed by atoms with E-state index in [-0.39, 0.29) is 0 Å². The third-order valence-corrected chi connectivity index (χ3v) is 5.36. The van der Waals surface area contributed by atoms with Gasteiger partial charge in [-0.2, -0.15) is 0 Å². The normalized spacial score (nSPS) is 33.5. The topological polar surface area (TPSA) is 35.5 Å². The smallest absolute Gasteiger partial charge is 0.0460 e. The zero-order chi connectivity index (χ0) is 14.4. The summed E-state index contributed by atoms with van der Waals surface area (Å²) in [6, 6.07) is 0.738. The van der Waals surface area contributed by atoms with Crippen LogP contribution in [0.5, 0.6) is 0 Å². The van der Waals surface area contributed by atoms with Gasteiger partial charge < -0.3 is 15.3 Å². The van der Waals surface area contributed by atoms with Crippen LogP contribution in [-0.4, -0.2) is 48.8 Å². The van der Waals surface area contributed by atoms with Gasteiger partial charge in [0.15, 0.2) is 0 Å². The molecular weight excluding hydrogens is 248 g/mol. The van der Waals surface area contributed by atoms with E-state index in [1.54, 1.807) is 0 Å². The Morgan fingerprint density at radius 1 is 1.15 bits per heavy atom. The predicted octanol–water partition coefficient (Wildman–Crippen LogP) is 2.50. The van der Waals surface area contributed by atoms with Crippen LogP contribution in [0.3, 0.4) is 0 Å². The molecule has 3 nitrogen and oxygen atoms in total. The number of piperidine rings is 1. The molecule has 1 heterocycles. The van der Waals surface area contributed by atoms with E-state index in [0.29, 0.717) is 12.5 Å². The Labute approximate surface area is 125 Å². The Hall–Kier alpha value is -0.120. The van der Waals surface area contributed by atoms with Gasteiger partial charge >= 0.3 is 0 Å². The van der Waals surface area contributed by atoms with Crippen molar-refractivity contribution in [3.63, 3.8) is 0 Å². The number of rotatable bonds is 6. The Morgan fingerprint density at radius 2 is 1.90 bits per heavy atom. The Kier molecular flexibility index (Phi) is 6.79. The Bertz CT molecular complexity index is 262. The zero-order valence-corrected chi connectivity index (χ0v) is 13.5. The summed E-state index contributed by atoms with van der Waals surface area (Å²) in [4.78, 5) is 2.65. The second kappa shape index (κ2) is 8.35. The van der Waals surface area contributed by atoms with E-state index in [0.717, 1.165) is 17.9 Å². The van der Waals surface area contributed by atoms with Crippen molar-refractivity contribution in [2.24, 2.45) is 17.8 Å². The van der Waals surface area contributed by atoms with Gasteiger partial charge in [0, 0.05) is 19.2 Å². The summed E-state index contributed by atoms with van der Waals surface area (Å²) in [5.74, 6) is 2.29. The third-order valence-electron chi connectivity index (χ3n) is 5.36. The first kappa shape index (κ1) is 16.3. The molecule has 0 radical (unpaired) electrons. The zero-order valence-electron chi connectivity index (χ0n) is 13.5. The van der Waals surface area contributed by atoms with Gasteiger partial charge in [0.2, 0.25) is 0 Å². The molecular formula is C17H34N2O. The minimum absolute atomic E-state index is 0.384. The molecule has 0 aromatic rings. The number of nitrogens with one attached hydrogen (secondary N) is 1. The van der Waals surface area contributed by atoms with Gasteiger partial charge in [-0.1, -0.05) is 13.8 Å². The summed E-state index contributed by atoms with van der Waals surface area (Å²) in [5.41, 5.74) is 0. The molecule has 1 saturated heterocycles. The van der Waals surface area contributed by atoms with E-state index in [2.05, 4.69) is 24.1 Å². The van der Waals surface area contributed by atoms with Crippen LogP contribution in [0.4, 0.5) is 0 Å². The van der Waals surface area contributed by atoms with Crippen molar-refractivity contribution >= 4 is 0 Å². The average molecular weight is 282 g/mol. The van der Waals surface area contributed by atoms with Gasteiger partial charge in [-0.15, -0.1) is 0 Å². The number of nitrogens with zero attached hydrogens (tertiary/aromatic N) is 1. The van der Waals surface area contributed by atoms with Crippen molar-refractivity contribution in [2.45, 2.75) is 58.4 Å². The number of hydrogen-bond acceptors (Lipinski definition) is 3. The molecule has 0 aromatic carbocycles. The molecule has 3 heteroatoms. The van der Waals surface area contributed by atoms with Gasteiger partial charge in [-0.25, -0.2) is 0 Å². The van der Waals surface area contributed by atoms with Crippen LogP contribution >= 0.6 is 0 Å². The quantitative estimate of drug-likeness (QED) is 0.786. The molecule has 0 bridgehead atoms. The molecule has 3 unspecified atom stereocenters. The van der Waals surface area contributed by atoms with E-state index in [1.165, 1.54) is 64.7 Å². The summed E-state index contributed by atoms with van der Waals surface area (Å²) in [7, 11) is 0. The second-order valence-electron chi connectivity index (χ2n) is 7.17. The fourth-order valence-electron chi connectivity index (χ4n) is 3.98. The molecule has 1 aliphatic carbocycles. The SMILES string of the molecule is CCCNC1CCC(C)CC1CN1CCC(CO)CC1. The van der Waals surface area contributed by atoms with Gasteiger partial charge in [-0.3, -0.25) is 0 Å². The third kappa shape index (κ3) is 4.71. The van der Waals surface area contributed by atoms with Crippen LogP contribution in [0.2, 0.25) is 0 Å². The van der Waals surface area contributed by atoms with Crippen LogP contribution in [-0.2, 0) is 0 Å². The number of aliphatic hydroxyl groups is 1. The largest absolute Gasteiger partial charge is 0.396 e. The lowest BCUT2D eigenvalue weighted by molar-refractivity contribution is 0.0944. The van der Waals surface area contributed by atoms with E-state index < -0.39 is 0 Å². The number of hydrogen-bond donors (Lipinski definition) is 2. The van der Waals surface area contributed by atoms with Gasteiger partial charge in [0.25, 0.3) is 0 Å². The fraction of sp³-hybridized carbons (Fsp3) is 1.00. The molecule has 2 rings (SSSR count). The first-order valence-electron chi connectivity index (χ1n) is 8.79. The average Bonchev–Trinajstić information content (AvgIpc) is 2.47. The maximum atomic E-state index is 9.24. The predicted molar refractivity (Wildman–Crippen MR) is 84.8 cm³/mol. The Balaban J connectivity index is 1.81. The molecule has 20 heavy (non-hydrogen) atoms. The van der Waals surface area contributed by atoms with Crippen LogP contribution in [0.15, 0.2) is 0 Å². The molecule has 0 amide bonds. The van der Waals surface area contributed by atoms with Gasteiger partial charge in [0.1, 0.15) is 0 Å². The molecule has 1 aliphatic heterocycles. The van der Waals surface area contributed by atoms with Crippen molar-refractivity contribution in [3.8, 4) is 0 Å². The van der Waals surface area contributed by atoms with Crippen molar-refractivity contribution < 1.29 is 5.11 Å². The maximum absolute atomic E-state index is 9.24. The van der Waals surface area contributed by atoms with E-state index in [1.807, 2.05) is 0 Å². The fourth-order valence-corrected chi connectivity index (χ4v) is 3.98. The summed E-state index contributed by atoms with van der Waals surface area (Å²) in [6.07, 6.45) is 7.75. The van der Waals surface area contributed by atoms with Gasteiger partial charge in [0.05, 0.1) is 0 Å². The summed E-state index contributed by atoms with van der Waals surface area (Å²) >= 11 is 0. The highest BCUT2D eigenvalue weighted by Crippen LogP contribution is 2.30. The van der Waals surface area contributed by atoms with Crippen molar-refractivity contribution in [1.29, 1.82) is 0 Å². The molecule has 0 spiro atoms. The lowest BCUT2D eigenvalue weighted by atomic mass is 9.78. The second-order valence-corrected chi connectivity index (χ2v) is 7.17. The van der Waals surface area contributed by atoms with E-state index in [4.69, 9.17) is 0 Å². The molecule has 1 saturated carbocycles. The van der Waals surface area contributed by atoms with E-state index >= 15 is 0 Å². The summed E-state index contributed by atoms with van der Waals surface area (Å²) in [6.45, 7) is 9.88. The summed E-state index contributed by atoms with van der Waals surface area (Å²) < 4.78 is 0. The summed E-state index contributed by atoms with van der Waals surface area (Å²) in [5, 5.41) is 13.0. The first-order chi connectivity index (χ1) is 9.72. The Morgan fingerprint density at radius 3 is 2.55 bits per heavy atom. The molecule has 118 valence electrons. The highest BCUT2D eigenvalue weighted by atomic mass is 16.3. The number of aliphatic hydroxyl groups excluding tert-OH is 1. The molecule has 3 atom stereocenters.